The second-order valence-electron chi connectivity index (χ2n) is 7.81. The van der Waals surface area contributed by atoms with E-state index < -0.39 is 12.0 Å². The molecule has 1 aromatic heterocycles. The van der Waals surface area contributed by atoms with Crippen molar-refractivity contribution >= 4 is 16.9 Å². The van der Waals surface area contributed by atoms with Gasteiger partial charge in [0.05, 0.1) is 30.8 Å². The van der Waals surface area contributed by atoms with Gasteiger partial charge in [0.25, 0.3) is 5.91 Å². The number of rotatable bonds is 5. The van der Waals surface area contributed by atoms with Crippen LogP contribution >= 0.6 is 0 Å². The van der Waals surface area contributed by atoms with Crippen molar-refractivity contribution in [3.8, 4) is 11.5 Å². The molecule has 2 aromatic carbocycles. The van der Waals surface area contributed by atoms with Crippen LogP contribution in [0.5, 0.6) is 11.5 Å². The van der Waals surface area contributed by atoms with Gasteiger partial charge in [-0.3, -0.25) is 4.79 Å². The molecule has 1 fully saturated rings. The maximum Gasteiger partial charge on any atom is 0.449 e. The second-order valence-corrected chi connectivity index (χ2v) is 7.81. The Morgan fingerprint density at radius 1 is 1.06 bits per heavy atom. The molecule has 9 heteroatoms. The van der Waals surface area contributed by atoms with Gasteiger partial charge in [-0.1, -0.05) is 18.2 Å². The zero-order valence-electron chi connectivity index (χ0n) is 17.9. The SMILES string of the molecule is COc1cccc(C(=O)N2CCC(Cn3c(C(F)(F)F)nc4ccccc43)CC2)c1OC. The van der Waals surface area contributed by atoms with Crippen LogP contribution in [0.1, 0.15) is 29.0 Å². The van der Waals surface area contributed by atoms with Crippen LogP contribution in [0, 0.1) is 5.92 Å². The number of hydrogen-bond donors (Lipinski definition) is 0. The van der Waals surface area contributed by atoms with Crippen LogP contribution in [0.2, 0.25) is 0 Å². The van der Waals surface area contributed by atoms with E-state index >= 15 is 0 Å². The highest BCUT2D eigenvalue weighted by Gasteiger charge is 2.38. The fraction of sp³-hybridized carbons (Fsp3) is 0.391. The molecule has 6 nitrogen and oxygen atoms in total. The quantitative estimate of drug-likeness (QED) is 0.573. The number of methoxy groups -OCH3 is 2. The normalized spacial score (nSPS) is 15.2. The molecule has 1 saturated heterocycles. The number of likely N-dealkylation sites (tertiary alicyclic amines) is 1. The van der Waals surface area contributed by atoms with E-state index in [0.29, 0.717) is 54.0 Å². The molecule has 32 heavy (non-hydrogen) atoms. The van der Waals surface area contributed by atoms with E-state index in [0.717, 1.165) is 0 Å². The van der Waals surface area contributed by atoms with E-state index in [2.05, 4.69) is 4.98 Å². The van der Waals surface area contributed by atoms with Crippen molar-refractivity contribution in [1.29, 1.82) is 0 Å². The van der Waals surface area contributed by atoms with Crippen molar-refractivity contribution in [2.24, 2.45) is 5.92 Å². The van der Waals surface area contributed by atoms with E-state index in [1.807, 2.05) is 0 Å². The Bertz CT molecular complexity index is 1120. The molecule has 1 amide bonds. The van der Waals surface area contributed by atoms with Gasteiger partial charge in [0.15, 0.2) is 11.5 Å². The summed E-state index contributed by atoms with van der Waals surface area (Å²) in [4.78, 5) is 18.6. The lowest BCUT2D eigenvalue weighted by Gasteiger charge is -2.33. The van der Waals surface area contributed by atoms with Crippen molar-refractivity contribution in [3.05, 3.63) is 53.9 Å². The Kier molecular flexibility index (Phi) is 5.99. The van der Waals surface area contributed by atoms with Gasteiger partial charge < -0.3 is 18.9 Å². The molecule has 0 atom stereocenters. The van der Waals surface area contributed by atoms with Gasteiger partial charge >= 0.3 is 6.18 Å². The minimum absolute atomic E-state index is 0.00459. The molecule has 0 saturated carbocycles. The fourth-order valence-electron chi connectivity index (χ4n) is 4.28. The smallest absolute Gasteiger partial charge is 0.449 e. The number of fused-ring (bicyclic) bond motifs is 1. The molecule has 170 valence electrons. The lowest BCUT2D eigenvalue weighted by Crippen LogP contribution is -2.39. The highest BCUT2D eigenvalue weighted by molar-refractivity contribution is 5.97. The van der Waals surface area contributed by atoms with Crippen molar-refractivity contribution in [1.82, 2.24) is 14.5 Å². The minimum atomic E-state index is -4.53. The molecular weight excluding hydrogens is 423 g/mol. The van der Waals surface area contributed by atoms with Crippen LogP contribution in [0.25, 0.3) is 11.0 Å². The lowest BCUT2D eigenvalue weighted by atomic mass is 9.96. The minimum Gasteiger partial charge on any atom is -0.493 e. The first-order valence-electron chi connectivity index (χ1n) is 10.4. The molecule has 1 aliphatic heterocycles. The molecule has 2 heterocycles. The van der Waals surface area contributed by atoms with Gasteiger partial charge in [-0.25, -0.2) is 4.98 Å². The number of ether oxygens (including phenoxy) is 2. The van der Waals surface area contributed by atoms with E-state index in [1.165, 1.54) is 18.8 Å². The Morgan fingerprint density at radius 2 is 1.78 bits per heavy atom. The number of carbonyl (C=O) groups is 1. The van der Waals surface area contributed by atoms with Crippen molar-refractivity contribution in [3.63, 3.8) is 0 Å². The monoisotopic (exact) mass is 447 g/mol. The maximum atomic E-state index is 13.6. The molecule has 0 aliphatic carbocycles. The summed E-state index contributed by atoms with van der Waals surface area (Å²) in [5, 5.41) is 0. The van der Waals surface area contributed by atoms with E-state index in [4.69, 9.17) is 9.47 Å². The number of piperidine rings is 1. The summed E-state index contributed by atoms with van der Waals surface area (Å²) in [6, 6.07) is 11.8. The maximum absolute atomic E-state index is 13.6. The number of nitrogens with zero attached hydrogens (tertiary/aromatic N) is 3. The Morgan fingerprint density at radius 3 is 2.44 bits per heavy atom. The number of hydrogen-bond acceptors (Lipinski definition) is 4. The van der Waals surface area contributed by atoms with E-state index in [-0.39, 0.29) is 18.4 Å². The van der Waals surface area contributed by atoms with Gasteiger partial charge in [-0.15, -0.1) is 0 Å². The standard InChI is InChI=1S/C23H24F3N3O3/c1-31-19-9-5-6-16(20(19)32-2)21(30)28-12-10-15(11-13-28)14-29-18-8-4-3-7-17(18)27-22(29)23(24,25)26/h3-9,15H,10-14H2,1-2H3. The molecule has 0 bridgehead atoms. The van der Waals surface area contributed by atoms with Crippen LogP contribution in [-0.2, 0) is 12.7 Å². The van der Waals surface area contributed by atoms with Gasteiger partial charge in [-0.2, -0.15) is 13.2 Å². The van der Waals surface area contributed by atoms with Crippen molar-refractivity contribution in [2.75, 3.05) is 27.3 Å². The number of alkyl halides is 3. The molecule has 4 rings (SSSR count). The first-order valence-corrected chi connectivity index (χ1v) is 10.4. The van der Waals surface area contributed by atoms with Crippen LogP contribution in [-0.4, -0.2) is 47.7 Å². The predicted molar refractivity (Wildman–Crippen MR) is 113 cm³/mol. The molecule has 0 unspecified atom stereocenters. The third kappa shape index (κ3) is 4.11. The number of halogens is 3. The van der Waals surface area contributed by atoms with Crippen LogP contribution in [0.4, 0.5) is 13.2 Å². The van der Waals surface area contributed by atoms with E-state index in [9.17, 15) is 18.0 Å². The molecule has 0 spiro atoms. The van der Waals surface area contributed by atoms with Gasteiger partial charge in [-0.05, 0) is 43.0 Å². The molecule has 0 radical (unpaired) electrons. The van der Waals surface area contributed by atoms with Gasteiger partial charge in [0, 0.05) is 19.6 Å². The zero-order valence-corrected chi connectivity index (χ0v) is 17.9. The third-order valence-corrected chi connectivity index (χ3v) is 5.88. The number of para-hydroxylation sites is 3. The summed E-state index contributed by atoms with van der Waals surface area (Å²) in [5.41, 5.74) is 1.21. The number of amides is 1. The number of carbonyl (C=O) groups excluding carboxylic acids is 1. The third-order valence-electron chi connectivity index (χ3n) is 5.88. The molecular formula is C23H24F3N3O3. The average molecular weight is 447 g/mol. The number of imidazole rings is 1. The summed E-state index contributed by atoms with van der Waals surface area (Å²) < 4.78 is 52.6. The topological polar surface area (TPSA) is 56.6 Å². The van der Waals surface area contributed by atoms with Crippen LogP contribution in [0.15, 0.2) is 42.5 Å². The Balaban J connectivity index is 1.49. The molecule has 0 N–H and O–H groups in total. The first-order chi connectivity index (χ1) is 15.3. The predicted octanol–water partition coefficient (Wildman–Crippen LogP) is 4.62. The van der Waals surface area contributed by atoms with Gasteiger partial charge in [0.1, 0.15) is 0 Å². The highest BCUT2D eigenvalue weighted by Crippen LogP contribution is 2.35. The summed E-state index contributed by atoms with van der Waals surface area (Å²) in [5.74, 6) is -0.201. The van der Waals surface area contributed by atoms with Crippen molar-refractivity contribution in [2.45, 2.75) is 25.6 Å². The highest BCUT2D eigenvalue weighted by atomic mass is 19.4. The summed E-state index contributed by atoms with van der Waals surface area (Å²) in [6.07, 6.45) is -3.33. The number of benzene rings is 2. The molecule has 1 aliphatic rings. The van der Waals surface area contributed by atoms with Crippen LogP contribution < -0.4 is 9.47 Å². The second kappa shape index (κ2) is 8.72. The molecule has 3 aromatic rings. The number of aromatic nitrogens is 2. The van der Waals surface area contributed by atoms with Crippen LogP contribution in [0.3, 0.4) is 0 Å². The van der Waals surface area contributed by atoms with Gasteiger partial charge in [0.2, 0.25) is 5.82 Å². The summed E-state index contributed by atoms with van der Waals surface area (Å²) in [6.45, 7) is 1.12. The van der Waals surface area contributed by atoms with Crippen molar-refractivity contribution < 1.29 is 27.4 Å². The fourth-order valence-corrected chi connectivity index (χ4v) is 4.28. The zero-order chi connectivity index (χ0) is 22.9. The largest absolute Gasteiger partial charge is 0.493 e. The summed E-state index contributed by atoms with van der Waals surface area (Å²) >= 11 is 0. The first kappa shape index (κ1) is 22.0. The Hall–Kier alpha value is -3.23. The summed E-state index contributed by atoms with van der Waals surface area (Å²) in [7, 11) is 2.99. The average Bonchev–Trinajstić information content (AvgIpc) is 3.17. The van der Waals surface area contributed by atoms with E-state index in [1.54, 1.807) is 47.4 Å². The lowest BCUT2D eigenvalue weighted by molar-refractivity contribution is -0.147. The Labute approximate surface area is 183 Å².